The zero-order valence-corrected chi connectivity index (χ0v) is 20.2. The van der Waals surface area contributed by atoms with Gasteiger partial charge in [0.15, 0.2) is 5.75 Å². The van der Waals surface area contributed by atoms with Gasteiger partial charge in [-0.25, -0.2) is 0 Å². The van der Waals surface area contributed by atoms with Gasteiger partial charge in [0.2, 0.25) is 11.5 Å². The topological polar surface area (TPSA) is 80.1 Å². The lowest BCUT2D eigenvalue weighted by molar-refractivity contribution is -0.387. The maximum Gasteiger partial charge on any atom is 0.322 e. The number of nitrogens with zero attached hydrogens (tertiary/aromatic N) is 1. The van der Waals surface area contributed by atoms with E-state index >= 15 is 0 Å². The molecule has 0 spiro atoms. The zero-order chi connectivity index (χ0) is 22.6. The van der Waals surface area contributed by atoms with Crippen molar-refractivity contribution in [3.05, 3.63) is 81.9 Å². The van der Waals surface area contributed by atoms with Gasteiger partial charge < -0.3 is 18.6 Å². The molecule has 3 aromatic rings. The van der Waals surface area contributed by atoms with Crippen molar-refractivity contribution in [3.63, 3.8) is 0 Å². The Morgan fingerprint density at radius 3 is 1.81 bits per heavy atom. The van der Waals surface area contributed by atoms with Crippen LogP contribution in [-0.4, -0.2) is 36.7 Å². The molecule has 3 aromatic carbocycles. The van der Waals surface area contributed by atoms with Crippen LogP contribution in [0.4, 0.5) is 5.69 Å². The molecule has 3 rings (SSSR count). The van der Waals surface area contributed by atoms with Crippen LogP contribution in [0.5, 0.6) is 17.2 Å². The van der Waals surface area contributed by atoms with E-state index in [1.54, 1.807) is 0 Å². The first kappa shape index (κ1) is 22.3. The normalized spacial score (nSPS) is 12.8. The number of methoxy groups -OCH3 is 3. The van der Waals surface area contributed by atoms with Crippen LogP contribution in [0.3, 0.4) is 0 Å². The van der Waals surface area contributed by atoms with Gasteiger partial charge in [0.05, 0.1) is 31.8 Å². The molecule has 0 amide bonds. The average molecular weight is 440 g/mol. The Kier molecular flexibility index (Phi) is 6.62. The minimum atomic E-state index is -1.13. The van der Waals surface area contributed by atoms with Gasteiger partial charge in [-0.1, -0.05) is 60.7 Å². The zero-order valence-electron chi connectivity index (χ0n) is 18.2. The lowest BCUT2D eigenvalue weighted by atomic mass is 9.81. The van der Waals surface area contributed by atoms with Crippen molar-refractivity contribution in [2.24, 2.45) is 0 Å². The summed E-state index contributed by atoms with van der Waals surface area (Å²) in [6.07, 6.45) is 0. The number of benzene rings is 3. The Hall–Kier alpha value is -3.36. The van der Waals surface area contributed by atoms with Crippen LogP contribution in [0, 0.1) is 10.1 Å². The summed E-state index contributed by atoms with van der Waals surface area (Å²) in [6.45, 7) is 1.83. The lowest BCUT2D eigenvalue weighted by Gasteiger charge is -2.33. The molecule has 0 N–H and O–H groups in total. The van der Waals surface area contributed by atoms with Crippen molar-refractivity contribution in [3.8, 4) is 28.4 Å². The van der Waals surface area contributed by atoms with E-state index in [0.29, 0.717) is 27.4 Å². The maximum absolute atomic E-state index is 12.4. The van der Waals surface area contributed by atoms with E-state index in [9.17, 15) is 10.1 Å². The highest BCUT2D eigenvalue weighted by Gasteiger charge is 2.44. The molecule has 0 heterocycles. The molecule has 0 saturated heterocycles. The fraction of sp³-hybridized carbons (Fsp3) is 0.217. The van der Waals surface area contributed by atoms with E-state index in [0.717, 1.165) is 11.1 Å². The van der Waals surface area contributed by atoms with Crippen molar-refractivity contribution >= 4 is 16.2 Å². The third-order valence-electron chi connectivity index (χ3n) is 5.41. The molecule has 0 radical (unpaired) electrons. The molecule has 162 valence electrons. The molecule has 0 saturated carbocycles. The minimum Gasteiger partial charge on any atom is -0.492 e. The van der Waals surface area contributed by atoms with E-state index in [-0.39, 0.29) is 17.2 Å². The Balaban J connectivity index is 2.61. The van der Waals surface area contributed by atoms with Crippen molar-refractivity contribution in [2.75, 3.05) is 21.3 Å². The average Bonchev–Trinajstić information content (AvgIpc) is 2.82. The molecule has 0 fully saturated rings. The Morgan fingerprint density at radius 1 is 0.839 bits per heavy atom. The maximum atomic E-state index is 12.4. The number of nitro benzene ring substituents is 1. The summed E-state index contributed by atoms with van der Waals surface area (Å²) in [6, 6.07) is 18.8. The van der Waals surface area contributed by atoms with Gasteiger partial charge in [-0.2, -0.15) is 0 Å². The third-order valence-corrected chi connectivity index (χ3v) is 6.23. The van der Waals surface area contributed by atoms with Gasteiger partial charge in [-0.15, -0.1) is 0 Å². The number of rotatable bonds is 8. The summed E-state index contributed by atoms with van der Waals surface area (Å²) in [4.78, 5) is 12.0. The van der Waals surface area contributed by atoms with Gasteiger partial charge in [0.25, 0.3) is 0 Å². The van der Waals surface area contributed by atoms with E-state index in [2.05, 4.69) is 0 Å². The number of nitro groups is 1. The summed E-state index contributed by atoms with van der Waals surface area (Å²) in [5.74, 6) is 0.481. The van der Waals surface area contributed by atoms with Crippen LogP contribution in [0.1, 0.15) is 18.1 Å². The second kappa shape index (κ2) is 9.19. The molecule has 1 atom stereocenters. The van der Waals surface area contributed by atoms with Crippen LogP contribution >= 0.6 is 0 Å². The molecule has 0 bridgehead atoms. The molecule has 0 aromatic heterocycles. The van der Waals surface area contributed by atoms with Crippen molar-refractivity contribution in [1.29, 1.82) is 0 Å². The highest BCUT2D eigenvalue weighted by molar-refractivity contribution is 5.99. The monoisotopic (exact) mass is 439 g/mol. The minimum absolute atomic E-state index is 0.0140. The van der Waals surface area contributed by atoms with Crippen LogP contribution in [0.15, 0.2) is 60.7 Å². The van der Waals surface area contributed by atoms with Crippen LogP contribution in [-0.2, 0) is 10.0 Å². The first-order valence-corrected chi connectivity index (χ1v) is 10.4. The summed E-state index contributed by atoms with van der Waals surface area (Å²) >= 11 is 0. The molecule has 31 heavy (non-hydrogen) atoms. The summed E-state index contributed by atoms with van der Waals surface area (Å²) in [5, 5.41) is 12.4. The van der Waals surface area contributed by atoms with E-state index in [1.807, 2.05) is 67.6 Å². The Bertz CT molecular complexity index is 1070. The second-order valence-corrected chi connectivity index (χ2v) is 7.33. The van der Waals surface area contributed by atoms with E-state index < -0.39 is 10.5 Å². The van der Waals surface area contributed by atoms with Crippen LogP contribution < -0.4 is 14.2 Å². The second-order valence-electron chi connectivity index (χ2n) is 6.92. The summed E-state index contributed by atoms with van der Waals surface area (Å²) in [5.41, 5.74) is 1.03. The van der Waals surface area contributed by atoms with E-state index in [1.165, 1.54) is 21.3 Å². The van der Waals surface area contributed by atoms with Crippen molar-refractivity contribution in [2.45, 2.75) is 12.5 Å². The first-order chi connectivity index (χ1) is 14.9. The molecule has 0 aliphatic heterocycles. The first-order valence-electron chi connectivity index (χ1n) is 9.61. The fourth-order valence-corrected chi connectivity index (χ4v) is 4.32. The largest absolute Gasteiger partial charge is 0.492 e. The molecule has 8 heteroatoms. The van der Waals surface area contributed by atoms with Crippen LogP contribution in [0.25, 0.3) is 11.1 Å². The standard InChI is InChI=1S/C23H25NO6Si/c1-23(30-31,16-13-9-6-10-14-16)18-17(15-11-7-5-8-12-15)20(27-2)22(29-4)21(28-3)19(18)24(25)26/h5-14H,1-4,31H3. The van der Waals surface area contributed by atoms with Gasteiger partial charge >= 0.3 is 5.69 Å². The smallest absolute Gasteiger partial charge is 0.322 e. The predicted octanol–water partition coefficient (Wildman–Crippen LogP) is 3.85. The highest BCUT2D eigenvalue weighted by atomic mass is 28.2. The predicted molar refractivity (Wildman–Crippen MR) is 122 cm³/mol. The molecule has 0 aliphatic carbocycles. The molecular formula is C23H25NO6Si. The molecular weight excluding hydrogens is 414 g/mol. The molecule has 1 unspecified atom stereocenters. The van der Waals surface area contributed by atoms with Gasteiger partial charge in [-0.05, 0) is 18.1 Å². The quantitative estimate of drug-likeness (QED) is 0.301. The Labute approximate surface area is 184 Å². The van der Waals surface area contributed by atoms with Crippen LogP contribution in [0.2, 0.25) is 0 Å². The van der Waals surface area contributed by atoms with Gasteiger partial charge in [0, 0.05) is 5.56 Å². The summed E-state index contributed by atoms with van der Waals surface area (Å²) in [7, 11) is 4.64. The lowest BCUT2D eigenvalue weighted by Crippen LogP contribution is -2.29. The van der Waals surface area contributed by atoms with Gasteiger partial charge in [0.1, 0.15) is 16.1 Å². The SMILES string of the molecule is COc1c(OC)c(-c2ccccc2)c(C(C)(O[SiH3])c2ccccc2)c([N+](=O)[O-])c1OC. The summed E-state index contributed by atoms with van der Waals surface area (Å²) < 4.78 is 22.9. The number of hydrogen-bond donors (Lipinski definition) is 0. The highest BCUT2D eigenvalue weighted by Crippen LogP contribution is 2.57. The van der Waals surface area contributed by atoms with Gasteiger partial charge in [-0.3, -0.25) is 10.1 Å². The fourth-order valence-electron chi connectivity index (χ4n) is 3.88. The number of hydrogen-bond acceptors (Lipinski definition) is 6. The van der Waals surface area contributed by atoms with Crippen molar-refractivity contribution in [1.82, 2.24) is 0 Å². The molecule has 7 nitrogen and oxygen atoms in total. The Morgan fingerprint density at radius 2 is 1.35 bits per heavy atom. The molecule has 0 aliphatic rings. The van der Waals surface area contributed by atoms with E-state index in [4.69, 9.17) is 18.6 Å². The van der Waals surface area contributed by atoms with Crippen molar-refractivity contribution < 1.29 is 23.6 Å². The number of ether oxygens (including phenoxy) is 3. The third kappa shape index (κ3) is 3.75.